The Kier molecular flexibility index (Phi) is 3.88. The van der Waals surface area contributed by atoms with Crippen LogP contribution in [0.25, 0.3) is 0 Å². The van der Waals surface area contributed by atoms with Crippen LogP contribution in [0.1, 0.15) is 5.56 Å². The highest BCUT2D eigenvalue weighted by atomic mass is 16.3. The van der Waals surface area contributed by atoms with E-state index in [4.69, 9.17) is 5.11 Å². The highest BCUT2D eigenvalue weighted by molar-refractivity contribution is 5.71. The van der Waals surface area contributed by atoms with E-state index in [9.17, 15) is 9.90 Å². The van der Waals surface area contributed by atoms with Crippen LogP contribution in [0, 0.1) is 0 Å². The van der Waals surface area contributed by atoms with Gasteiger partial charge >= 0.3 is 0 Å². The minimum Gasteiger partial charge on any atom is -0.510 e. The standard InChI is InChI=1S/C11H13NO3/c1-8(14)11(15)6-9-3-2-4-10(5-9)12-7-13/h2-5,7,11,14-15H,1,6H2,(H,12,13). The van der Waals surface area contributed by atoms with Gasteiger partial charge in [-0.25, -0.2) is 0 Å². The summed E-state index contributed by atoms with van der Waals surface area (Å²) in [6.45, 7) is 3.24. The van der Waals surface area contributed by atoms with Gasteiger partial charge in [0, 0.05) is 12.1 Å². The number of hydrogen-bond acceptors (Lipinski definition) is 3. The lowest BCUT2D eigenvalue weighted by molar-refractivity contribution is -0.105. The Balaban J connectivity index is 2.72. The highest BCUT2D eigenvalue weighted by Crippen LogP contribution is 2.13. The first-order valence-corrected chi connectivity index (χ1v) is 4.48. The Hall–Kier alpha value is -1.81. The zero-order valence-electron chi connectivity index (χ0n) is 8.18. The number of aliphatic hydroxyl groups is 2. The molecule has 3 N–H and O–H groups in total. The number of hydrogen-bond donors (Lipinski definition) is 3. The quantitative estimate of drug-likeness (QED) is 0.502. The number of nitrogens with one attached hydrogen (secondary N) is 1. The molecule has 0 aliphatic rings. The molecule has 1 aromatic carbocycles. The molecule has 15 heavy (non-hydrogen) atoms. The van der Waals surface area contributed by atoms with E-state index in [0.29, 0.717) is 12.1 Å². The third-order valence-corrected chi connectivity index (χ3v) is 1.97. The van der Waals surface area contributed by atoms with Crippen molar-refractivity contribution in [3.05, 3.63) is 42.2 Å². The molecule has 0 heterocycles. The molecule has 1 atom stereocenters. The molecule has 0 spiro atoms. The summed E-state index contributed by atoms with van der Waals surface area (Å²) in [4.78, 5) is 10.2. The number of aliphatic hydroxyl groups excluding tert-OH is 2. The Morgan fingerprint density at radius 3 is 2.93 bits per heavy atom. The Bertz CT molecular complexity index is 363. The molecule has 80 valence electrons. The second-order valence-electron chi connectivity index (χ2n) is 3.17. The van der Waals surface area contributed by atoms with Gasteiger partial charge in [0.1, 0.15) is 11.9 Å². The maximum Gasteiger partial charge on any atom is 0.211 e. The van der Waals surface area contributed by atoms with Gasteiger partial charge in [-0.1, -0.05) is 18.7 Å². The fourth-order valence-electron chi connectivity index (χ4n) is 1.20. The van der Waals surface area contributed by atoms with Gasteiger partial charge in [0.25, 0.3) is 0 Å². The van der Waals surface area contributed by atoms with E-state index in [2.05, 4.69) is 11.9 Å². The van der Waals surface area contributed by atoms with Crippen molar-refractivity contribution in [1.82, 2.24) is 0 Å². The lowest BCUT2D eigenvalue weighted by atomic mass is 10.1. The first-order chi connectivity index (χ1) is 7.13. The lowest BCUT2D eigenvalue weighted by Crippen LogP contribution is -2.12. The van der Waals surface area contributed by atoms with Gasteiger partial charge in [-0.3, -0.25) is 4.79 Å². The van der Waals surface area contributed by atoms with Crippen molar-refractivity contribution in [2.75, 3.05) is 5.32 Å². The fraction of sp³-hybridized carbons (Fsp3) is 0.182. The SMILES string of the molecule is C=C(O)C(O)Cc1cccc(NC=O)c1. The van der Waals surface area contributed by atoms with Crippen LogP contribution in [0.4, 0.5) is 5.69 Å². The normalized spacial score (nSPS) is 11.8. The minimum absolute atomic E-state index is 0.260. The summed E-state index contributed by atoms with van der Waals surface area (Å²) < 4.78 is 0. The fourth-order valence-corrected chi connectivity index (χ4v) is 1.20. The monoisotopic (exact) mass is 207 g/mol. The predicted octanol–water partition coefficient (Wildman–Crippen LogP) is 1.23. The van der Waals surface area contributed by atoms with Crippen molar-refractivity contribution in [2.24, 2.45) is 0 Å². The molecule has 0 bridgehead atoms. The Morgan fingerprint density at radius 1 is 1.60 bits per heavy atom. The van der Waals surface area contributed by atoms with Crippen molar-refractivity contribution in [2.45, 2.75) is 12.5 Å². The second-order valence-corrected chi connectivity index (χ2v) is 3.17. The van der Waals surface area contributed by atoms with Gasteiger partial charge in [-0.05, 0) is 17.7 Å². The molecule has 1 amide bonds. The molecular formula is C11H13NO3. The van der Waals surface area contributed by atoms with Crippen LogP contribution in [0.5, 0.6) is 0 Å². The third-order valence-electron chi connectivity index (χ3n) is 1.97. The molecule has 1 aromatic rings. The van der Waals surface area contributed by atoms with E-state index in [1.54, 1.807) is 24.3 Å². The summed E-state index contributed by atoms with van der Waals surface area (Å²) in [6, 6.07) is 7.01. The van der Waals surface area contributed by atoms with Crippen molar-refractivity contribution >= 4 is 12.1 Å². The summed E-state index contributed by atoms with van der Waals surface area (Å²) >= 11 is 0. The zero-order chi connectivity index (χ0) is 11.3. The van der Waals surface area contributed by atoms with Crippen molar-refractivity contribution in [1.29, 1.82) is 0 Å². The number of amides is 1. The van der Waals surface area contributed by atoms with Gasteiger partial charge in [0.15, 0.2) is 0 Å². The van der Waals surface area contributed by atoms with E-state index in [-0.39, 0.29) is 12.2 Å². The van der Waals surface area contributed by atoms with E-state index in [0.717, 1.165) is 5.56 Å². The maximum atomic E-state index is 10.2. The smallest absolute Gasteiger partial charge is 0.211 e. The maximum absolute atomic E-state index is 10.2. The van der Waals surface area contributed by atoms with E-state index in [1.165, 1.54) is 0 Å². The molecule has 0 saturated heterocycles. The largest absolute Gasteiger partial charge is 0.510 e. The molecule has 4 heteroatoms. The summed E-state index contributed by atoms with van der Waals surface area (Å²) in [5.74, 6) is -0.260. The highest BCUT2D eigenvalue weighted by Gasteiger charge is 2.08. The molecular weight excluding hydrogens is 194 g/mol. The van der Waals surface area contributed by atoms with Crippen LogP contribution in [0.15, 0.2) is 36.6 Å². The molecule has 0 aliphatic heterocycles. The predicted molar refractivity (Wildman–Crippen MR) is 57.6 cm³/mol. The topological polar surface area (TPSA) is 69.6 Å². The molecule has 4 nitrogen and oxygen atoms in total. The van der Waals surface area contributed by atoms with E-state index >= 15 is 0 Å². The summed E-state index contributed by atoms with van der Waals surface area (Å²) in [7, 11) is 0. The number of anilines is 1. The summed E-state index contributed by atoms with van der Waals surface area (Å²) in [5, 5.41) is 20.8. The second kappa shape index (κ2) is 5.17. The minimum atomic E-state index is -0.975. The van der Waals surface area contributed by atoms with Crippen molar-refractivity contribution in [3.8, 4) is 0 Å². The third kappa shape index (κ3) is 3.44. The molecule has 0 aromatic heterocycles. The molecule has 0 radical (unpaired) electrons. The van der Waals surface area contributed by atoms with E-state index < -0.39 is 6.10 Å². The average molecular weight is 207 g/mol. The first-order valence-electron chi connectivity index (χ1n) is 4.48. The molecule has 0 aliphatic carbocycles. The van der Waals surface area contributed by atoms with Crippen molar-refractivity contribution in [3.63, 3.8) is 0 Å². The zero-order valence-corrected chi connectivity index (χ0v) is 8.18. The van der Waals surface area contributed by atoms with Crippen LogP contribution in [0.2, 0.25) is 0 Å². The van der Waals surface area contributed by atoms with Crippen LogP contribution >= 0.6 is 0 Å². The molecule has 0 saturated carbocycles. The number of benzene rings is 1. The lowest BCUT2D eigenvalue weighted by Gasteiger charge is -2.09. The molecule has 1 unspecified atom stereocenters. The first kappa shape index (κ1) is 11.3. The van der Waals surface area contributed by atoms with Crippen LogP contribution < -0.4 is 5.32 Å². The van der Waals surface area contributed by atoms with E-state index in [1.807, 2.05) is 0 Å². The Morgan fingerprint density at radius 2 is 2.33 bits per heavy atom. The van der Waals surface area contributed by atoms with Gasteiger partial charge in [0.2, 0.25) is 6.41 Å². The molecule has 0 fully saturated rings. The summed E-state index contributed by atoms with van der Waals surface area (Å²) in [5.41, 5.74) is 1.46. The van der Waals surface area contributed by atoms with Gasteiger partial charge in [-0.15, -0.1) is 0 Å². The van der Waals surface area contributed by atoms with Gasteiger partial charge in [-0.2, -0.15) is 0 Å². The van der Waals surface area contributed by atoms with Crippen molar-refractivity contribution < 1.29 is 15.0 Å². The van der Waals surface area contributed by atoms with Gasteiger partial charge < -0.3 is 15.5 Å². The number of carbonyl (C=O) groups excluding carboxylic acids is 1. The number of carbonyl (C=O) groups is 1. The van der Waals surface area contributed by atoms with Crippen LogP contribution in [0.3, 0.4) is 0 Å². The summed E-state index contributed by atoms with van der Waals surface area (Å²) in [6.07, 6.45) is -0.124. The average Bonchev–Trinajstić information content (AvgIpc) is 2.18. The number of rotatable bonds is 5. The molecule has 1 rings (SSSR count). The Labute approximate surface area is 87.9 Å². The van der Waals surface area contributed by atoms with Crippen LogP contribution in [-0.2, 0) is 11.2 Å². The van der Waals surface area contributed by atoms with Crippen LogP contribution in [-0.4, -0.2) is 22.7 Å². The van der Waals surface area contributed by atoms with Gasteiger partial charge in [0.05, 0.1) is 0 Å².